The molecule has 1 aliphatic heterocycles. The van der Waals surface area contributed by atoms with Crippen molar-refractivity contribution in [1.29, 1.82) is 5.26 Å². The van der Waals surface area contributed by atoms with Gasteiger partial charge in [0.1, 0.15) is 5.82 Å². The molecule has 1 fully saturated rings. The summed E-state index contributed by atoms with van der Waals surface area (Å²) in [6.45, 7) is 2.20. The summed E-state index contributed by atoms with van der Waals surface area (Å²) in [7, 11) is 0. The average molecular weight is 362 g/mol. The minimum atomic E-state index is -0.383. The Morgan fingerprint density at radius 3 is 2.96 bits per heavy atom. The summed E-state index contributed by atoms with van der Waals surface area (Å²) in [6.07, 6.45) is 0.229. The summed E-state index contributed by atoms with van der Waals surface area (Å²) in [6, 6.07) is 13.3. The lowest BCUT2D eigenvalue weighted by Gasteiger charge is -2.18. The third-order valence-corrected chi connectivity index (χ3v) is 4.63. The molecule has 6 nitrogen and oxygen atoms in total. The molecule has 7 heteroatoms. The molecule has 2 aromatic carbocycles. The van der Waals surface area contributed by atoms with Gasteiger partial charge in [-0.25, -0.2) is 4.39 Å². The van der Waals surface area contributed by atoms with E-state index >= 15 is 0 Å². The molecule has 0 radical (unpaired) electrons. The Labute approximate surface area is 154 Å². The van der Waals surface area contributed by atoms with Gasteiger partial charge < -0.3 is 9.42 Å². The molecule has 2 heterocycles. The molecule has 1 aromatic heterocycles. The molecule has 0 N–H and O–H groups in total. The van der Waals surface area contributed by atoms with Gasteiger partial charge >= 0.3 is 0 Å². The van der Waals surface area contributed by atoms with E-state index in [-0.39, 0.29) is 24.1 Å². The van der Waals surface area contributed by atoms with Crippen molar-refractivity contribution in [3.8, 4) is 17.5 Å². The fraction of sp³-hybridized carbons (Fsp3) is 0.200. The lowest BCUT2D eigenvalue weighted by Crippen LogP contribution is -2.25. The highest BCUT2D eigenvalue weighted by molar-refractivity contribution is 5.97. The number of carbonyl (C=O) groups is 1. The van der Waals surface area contributed by atoms with E-state index in [4.69, 9.17) is 9.78 Å². The molecular formula is C20H15FN4O2. The smallest absolute Gasteiger partial charge is 0.257 e. The molecule has 1 unspecified atom stereocenters. The number of halogens is 1. The van der Waals surface area contributed by atoms with Gasteiger partial charge in [0.05, 0.1) is 11.6 Å². The van der Waals surface area contributed by atoms with Crippen molar-refractivity contribution in [3.05, 3.63) is 65.2 Å². The number of hydrogen-bond acceptors (Lipinski definition) is 5. The van der Waals surface area contributed by atoms with Gasteiger partial charge in [0.15, 0.2) is 5.82 Å². The number of nitriles is 1. The molecule has 1 amide bonds. The molecule has 27 heavy (non-hydrogen) atoms. The number of benzene rings is 2. The van der Waals surface area contributed by atoms with Gasteiger partial charge in [-0.1, -0.05) is 17.3 Å². The Morgan fingerprint density at radius 2 is 2.15 bits per heavy atom. The number of carbonyl (C=O) groups excluding carboxylic acids is 1. The summed E-state index contributed by atoms with van der Waals surface area (Å²) in [4.78, 5) is 18.4. The van der Waals surface area contributed by atoms with Crippen LogP contribution in [-0.2, 0) is 4.79 Å². The molecule has 4 rings (SSSR count). The highest BCUT2D eigenvalue weighted by Gasteiger charge is 2.35. The third-order valence-electron chi connectivity index (χ3n) is 4.63. The molecule has 3 aromatic rings. The number of aromatic nitrogens is 2. The van der Waals surface area contributed by atoms with Gasteiger partial charge in [-0.05, 0) is 42.8 Å². The van der Waals surface area contributed by atoms with E-state index < -0.39 is 0 Å². The summed E-state index contributed by atoms with van der Waals surface area (Å²) in [5, 5.41) is 13.0. The van der Waals surface area contributed by atoms with Crippen molar-refractivity contribution >= 4 is 11.6 Å². The van der Waals surface area contributed by atoms with E-state index in [9.17, 15) is 9.18 Å². The number of hydrogen-bond donors (Lipinski definition) is 0. The second kappa shape index (κ2) is 6.65. The molecule has 1 saturated heterocycles. The van der Waals surface area contributed by atoms with Crippen LogP contribution in [-0.4, -0.2) is 22.6 Å². The molecule has 134 valence electrons. The van der Waals surface area contributed by atoms with E-state index in [0.29, 0.717) is 35.1 Å². The highest BCUT2D eigenvalue weighted by Crippen LogP contribution is 2.33. The fourth-order valence-electron chi connectivity index (χ4n) is 3.23. The first kappa shape index (κ1) is 16.9. The molecule has 1 atom stereocenters. The first-order valence-corrected chi connectivity index (χ1v) is 8.46. The topological polar surface area (TPSA) is 83.0 Å². The number of anilines is 1. The van der Waals surface area contributed by atoms with Crippen LogP contribution in [0.3, 0.4) is 0 Å². The third kappa shape index (κ3) is 3.17. The summed E-state index contributed by atoms with van der Waals surface area (Å²) in [5.41, 5.74) is 2.53. The predicted octanol–water partition coefficient (Wildman–Crippen LogP) is 3.58. The maximum Gasteiger partial charge on any atom is 0.257 e. The highest BCUT2D eigenvalue weighted by atomic mass is 19.1. The quantitative estimate of drug-likeness (QED) is 0.711. The lowest BCUT2D eigenvalue weighted by molar-refractivity contribution is -0.117. The minimum absolute atomic E-state index is 0.105. The predicted molar refractivity (Wildman–Crippen MR) is 95.3 cm³/mol. The average Bonchev–Trinajstić information content (AvgIpc) is 3.31. The zero-order valence-corrected chi connectivity index (χ0v) is 14.5. The van der Waals surface area contributed by atoms with Crippen LogP contribution in [0, 0.1) is 24.1 Å². The van der Waals surface area contributed by atoms with Crippen LogP contribution in [0.1, 0.15) is 29.3 Å². The first-order chi connectivity index (χ1) is 13.0. The zero-order chi connectivity index (χ0) is 19.0. The van der Waals surface area contributed by atoms with E-state index in [1.807, 2.05) is 6.92 Å². The van der Waals surface area contributed by atoms with Crippen molar-refractivity contribution in [2.75, 3.05) is 11.4 Å². The number of aryl methyl sites for hydroxylation is 1. The van der Waals surface area contributed by atoms with E-state index in [2.05, 4.69) is 16.2 Å². The van der Waals surface area contributed by atoms with Crippen molar-refractivity contribution in [3.63, 3.8) is 0 Å². The van der Waals surface area contributed by atoms with Crippen molar-refractivity contribution in [2.24, 2.45) is 0 Å². The van der Waals surface area contributed by atoms with Crippen molar-refractivity contribution in [1.82, 2.24) is 10.1 Å². The van der Waals surface area contributed by atoms with Gasteiger partial charge in [0.2, 0.25) is 5.91 Å². The largest absolute Gasteiger partial charge is 0.334 e. The van der Waals surface area contributed by atoms with E-state index in [1.165, 1.54) is 12.1 Å². The maximum absolute atomic E-state index is 13.6. The number of amides is 1. The van der Waals surface area contributed by atoms with Crippen molar-refractivity contribution < 1.29 is 13.7 Å². The maximum atomic E-state index is 13.6. The van der Waals surface area contributed by atoms with Crippen LogP contribution in [0.5, 0.6) is 0 Å². The summed E-state index contributed by atoms with van der Waals surface area (Å²) >= 11 is 0. The van der Waals surface area contributed by atoms with Gasteiger partial charge in [-0.3, -0.25) is 4.79 Å². The Hall–Kier alpha value is -3.53. The number of rotatable bonds is 3. The van der Waals surface area contributed by atoms with Gasteiger partial charge in [0.25, 0.3) is 5.89 Å². The molecular weight excluding hydrogens is 347 g/mol. The SMILES string of the molecule is Cc1ccc(F)cc1N1CC(c2noc(-c3cccc(C#N)c3)n2)CC1=O. The van der Waals surface area contributed by atoms with E-state index in [0.717, 1.165) is 5.56 Å². The van der Waals surface area contributed by atoms with Gasteiger partial charge in [-0.15, -0.1) is 0 Å². The van der Waals surface area contributed by atoms with Crippen LogP contribution in [0.25, 0.3) is 11.5 Å². The molecule has 0 bridgehead atoms. The van der Waals surface area contributed by atoms with Gasteiger partial charge in [0, 0.05) is 30.1 Å². The monoisotopic (exact) mass is 362 g/mol. The minimum Gasteiger partial charge on any atom is -0.334 e. The van der Waals surface area contributed by atoms with Crippen LogP contribution >= 0.6 is 0 Å². The molecule has 0 spiro atoms. The second-order valence-electron chi connectivity index (χ2n) is 6.49. The van der Waals surface area contributed by atoms with Crippen molar-refractivity contribution in [2.45, 2.75) is 19.3 Å². The Kier molecular flexibility index (Phi) is 4.16. The normalized spacial score (nSPS) is 16.6. The molecule has 1 aliphatic rings. The summed E-state index contributed by atoms with van der Waals surface area (Å²) in [5.74, 6) is 0.00150. The van der Waals surface area contributed by atoms with Crippen LogP contribution < -0.4 is 4.90 Å². The van der Waals surface area contributed by atoms with E-state index in [1.54, 1.807) is 35.2 Å². The zero-order valence-electron chi connectivity index (χ0n) is 14.5. The fourth-order valence-corrected chi connectivity index (χ4v) is 3.23. The lowest BCUT2D eigenvalue weighted by atomic mass is 10.1. The number of nitrogens with zero attached hydrogens (tertiary/aromatic N) is 4. The van der Waals surface area contributed by atoms with Crippen LogP contribution in [0.4, 0.5) is 10.1 Å². The molecule has 0 saturated carbocycles. The summed E-state index contributed by atoms with van der Waals surface area (Å²) < 4.78 is 18.9. The Morgan fingerprint density at radius 1 is 1.30 bits per heavy atom. The standard InChI is InChI=1S/C20H15FN4O2/c1-12-5-6-16(21)9-17(12)25-11-15(8-18(25)26)19-23-20(27-24-19)14-4-2-3-13(7-14)10-22/h2-7,9,15H,8,11H2,1H3. The Bertz CT molecular complexity index is 1070. The Balaban J connectivity index is 1.59. The second-order valence-corrected chi connectivity index (χ2v) is 6.49. The van der Waals surface area contributed by atoms with Gasteiger partial charge in [-0.2, -0.15) is 10.2 Å². The first-order valence-electron chi connectivity index (χ1n) is 8.46. The van der Waals surface area contributed by atoms with Crippen LogP contribution in [0.15, 0.2) is 47.0 Å². The van der Waals surface area contributed by atoms with Crippen LogP contribution in [0.2, 0.25) is 0 Å². The molecule has 0 aliphatic carbocycles.